The third kappa shape index (κ3) is 6.28. The lowest BCUT2D eigenvalue weighted by Gasteiger charge is -2.13. The molecule has 3 rings (SSSR count). The predicted molar refractivity (Wildman–Crippen MR) is 122 cm³/mol. The first kappa shape index (κ1) is 22.8. The van der Waals surface area contributed by atoms with E-state index in [0.29, 0.717) is 47.6 Å². The number of carbonyl (C=O) groups excluding carboxylic acids is 2. The van der Waals surface area contributed by atoms with Crippen molar-refractivity contribution < 1.29 is 9.59 Å². The molecule has 3 aromatic rings. The van der Waals surface area contributed by atoms with Gasteiger partial charge in [-0.25, -0.2) is 9.97 Å². The molecule has 0 saturated carbocycles. The van der Waals surface area contributed by atoms with Crippen LogP contribution in [0.1, 0.15) is 25.7 Å². The second kappa shape index (κ2) is 10.9. The molecule has 31 heavy (non-hydrogen) atoms. The Morgan fingerprint density at radius 2 is 1.94 bits per heavy atom. The minimum atomic E-state index is -0.333. The minimum absolute atomic E-state index is 0.0533. The van der Waals surface area contributed by atoms with Crippen molar-refractivity contribution in [3.63, 3.8) is 0 Å². The summed E-state index contributed by atoms with van der Waals surface area (Å²) in [6, 6.07) is 10.5. The van der Waals surface area contributed by atoms with Crippen LogP contribution in [0.3, 0.4) is 0 Å². The summed E-state index contributed by atoms with van der Waals surface area (Å²) in [6.07, 6.45) is 3.98. The third-order valence-electron chi connectivity index (χ3n) is 4.50. The number of halogens is 1. The van der Waals surface area contributed by atoms with Gasteiger partial charge in [-0.05, 0) is 37.1 Å². The normalized spacial score (nSPS) is 10.9. The first-order chi connectivity index (χ1) is 15.0. The Hall–Kier alpha value is -2.91. The molecule has 10 heteroatoms. The Balaban J connectivity index is 1.74. The number of unbranched alkanes of at least 4 members (excludes halogenated alkanes) is 2. The van der Waals surface area contributed by atoms with Crippen LogP contribution in [0.5, 0.6) is 0 Å². The molecule has 0 bridgehead atoms. The van der Waals surface area contributed by atoms with Crippen LogP contribution in [-0.4, -0.2) is 32.1 Å². The van der Waals surface area contributed by atoms with E-state index in [0.717, 1.165) is 6.42 Å². The maximum Gasteiger partial charge on any atom is 0.262 e. The van der Waals surface area contributed by atoms with Gasteiger partial charge in [-0.2, -0.15) is 0 Å². The summed E-state index contributed by atoms with van der Waals surface area (Å²) in [6.45, 7) is 0.438. The summed E-state index contributed by atoms with van der Waals surface area (Å²) in [7, 11) is 0. The average Bonchev–Trinajstić information content (AvgIpc) is 2.75. The standard InChI is InChI=1S/C21H22ClN5O3S/c22-19-16(9-6-11-24-19)25-18(29)13-31-21-26-15-8-4-3-7-14(15)20(30)27(21)12-5-1-2-10-17(23)28/h3-4,6-9,11H,1-2,5,10,12-13H2,(H2,23,28)(H,25,29). The highest BCUT2D eigenvalue weighted by Gasteiger charge is 2.14. The molecule has 8 nitrogen and oxygen atoms in total. The number of carbonyl (C=O) groups is 2. The molecule has 0 aliphatic rings. The first-order valence-electron chi connectivity index (χ1n) is 9.77. The minimum Gasteiger partial charge on any atom is -0.370 e. The number of aromatic nitrogens is 3. The molecule has 0 fully saturated rings. The number of anilines is 1. The number of amides is 2. The van der Waals surface area contributed by atoms with Gasteiger partial charge in [-0.3, -0.25) is 19.0 Å². The van der Waals surface area contributed by atoms with E-state index in [4.69, 9.17) is 17.3 Å². The largest absolute Gasteiger partial charge is 0.370 e. The van der Waals surface area contributed by atoms with E-state index in [1.807, 2.05) is 6.07 Å². The quantitative estimate of drug-likeness (QED) is 0.208. The van der Waals surface area contributed by atoms with Gasteiger partial charge in [0.05, 0.1) is 22.3 Å². The lowest BCUT2D eigenvalue weighted by Crippen LogP contribution is -2.24. The zero-order valence-corrected chi connectivity index (χ0v) is 18.3. The fraction of sp³-hybridized carbons (Fsp3) is 0.286. The van der Waals surface area contributed by atoms with E-state index in [-0.39, 0.29) is 28.3 Å². The van der Waals surface area contributed by atoms with E-state index in [1.54, 1.807) is 34.9 Å². The SMILES string of the molecule is NC(=O)CCCCCn1c(SCC(=O)Nc2cccnc2Cl)nc2ccccc2c1=O. The molecule has 2 aromatic heterocycles. The molecule has 2 heterocycles. The van der Waals surface area contributed by atoms with Gasteiger partial charge in [0.1, 0.15) is 0 Å². The summed E-state index contributed by atoms with van der Waals surface area (Å²) >= 11 is 7.16. The van der Waals surface area contributed by atoms with Crippen LogP contribution in [0, 0.1) is 0 Å². The number of nitrogens with two attached hydrogens (primary N) is 1. The van der Waals surface area contributed by atoms with Crippen LogP contribution in [0.25, 0.3) is 10.9 Å². The maximum absolute atomic E-state index is 13.0. The van der Waals surface area contributed by atoms with E-state index >= 15 is 0 Å². The van der Waals surface area contributed by atoms with Crippen molar-refractivity contribution in [3.05, 3.63) is 58.1 Å². The van der Waals surface area contributed by atoms with E-state index in [1.165, 1.54) is 18.0 Å². The molecule has 0 unspecified atom stereocenters. The monoisotopic (exact) mass is 459 g/mol. The lowest BCUT2D eigenvalue weighted by atomic mass is 10.2. The van der Waals surface area contributed by atoms with Gasteiger partial charge in [-0.1, -0.05) is 41.9 Å². The molecule has 0 saturated heterocycles. The van der Waals surface area contributed by atoms with Gasteiger partial charge >= 0.3 is 0 Å². The maximum atomic E-state index is 13.0. The second-order valence-electron chi connectivity index (χ2n) is 6.82. The highest BCUT2D eigenvalue weighted by atomic mass is 35.5. The molecule has 1 aromatic carbocycles. The Labute approximate surface area is 188 Å². The fourth-order valence-corrected chi connectivity index (χ4v) is 3.99. The van der Waals surface area contributed by atoms with Gasteiger partial charge in [0.15, 0.2) is 10.3 Å². The van der Waals surface area contributed by atoms with Crippen LogP contribution in [0.4, 0.5) is 5.69 Å². The number of benzene rings is 1. The van der Waals surface area contributed by atoms with E-state index in [2.05, 4.69) is 15.3 Å². The molecule has 0 atom stereocenters. The summed E-state index contributed by atoms with van der Waals surface area (Å²) in [4.78, 5) is 44.8. The Bertz CT molecular complexity index is 1150. The van der Waals surface area contributed by atoms with Crippen LogP contribution >= 0.6 is 23.4 Å². The van der Waals surface area contributed by atoms with Gasteiger partial charge in [-0.15, -0.1) is 0 Å². The van der Waals surface area contributed by atoms with Crippen LogP contribution in [0.15, 0.2) is 52.5 Å². The zero-order valence-electron chi connectivity index (χ0n) is 16.7. The molecule has 2 amide bonds. The number of thioether (sulfide) groups is 1. The predicted octanol–water partition coefficient (Wildman–Crippen LogP) is 3.22. The van der Waals surface area contributed by atoms with Gasteiger partial charge in [0, 0.05) is 19.2 Å². The summed E-state index contributed by atoms with van der Waals surface area (Å²) < 4.78 is 1.58. The van der Waals surface area contributed by atoms with Crippen molar-refractivity contribution in [2.45, 2.75) is 37.4 Å². The molecule has 0 spiro atoms. The molecular weight excluding hydrogens is 438 g/mol. The Morgan fingerprint density at radius 3 is 2.71 bits per heavy atom. The number of para-hydroxylation sites is 1. The number of rotatable bonds is 10. The van der Waals surface area contributed by atoms with Gasteiger partial charge in [0.2, 0.25) is 11.8 Å². The smallest absolute Gasteiger partial charge is 0.262 e. The molecule has 3 N–H and O–H groups in total. The number of pyridine rings is 1. The van der Waals surface area contributed by atoms with Crippen molar-refractivity contribution in [3.8, 4) is 0 Å². The number of primary amides is 1. The average molecular weight is 460 g/mol. The van der Waals surface area contributed by atoms with Crippen molar-refractivity contribution >= 4 is 51.8 Å². The van der Waals surface area contributed by atoms with Crippen molar-refractivity contribution in [1.29, 1.82) is 0 Å². The number of fused-ring (bicyclic) bond motifs is 1. The van der Waals surface area contributed by atoms with Gasteiger partial charge < -0.3 is 11.1 Å². The van der Waals surface area contributed by atoms with Crippen molar-refractivity contribution in [2.75, 3.05) is 11.1 Å². The molecule has 0 radical (unpaired) electrons. The van der Waals surface area contributed by atoms with E-state index in [9.17, 15) is 14.4 Å². The van der Waals surface area contributed by atoms with Crippen molar-refractivity contribution in [2.24, 2.45) is 5.73 Å². The number of hydrogen-bond acceptors (Lipinski definition) is 6. The summed E-state index contributed by atoms with van der Waals surface area (Å²) in [5.41, 5.74) is 6.02. The highest BCUT2D eigenvalue weighted by Crippen LogP contribution is 2.21. The first-order valence-corrected chi connectivity index (χ1v) is 11.1. The number of nitrogens with zero attached hydrogens (tertiary/aromatic N) is 3. The van der Waals surface area contributed by atoms with Crippen LogP contribution in [-0.2, 0) is 16.1 Å². The lowest BCUT2D eigenvalue weighted by molar-refractivity contribution is -0.118. The van der Waals surface area contributed by atoms with Crippen LogP contribution in [0.2, 0.25) is 5.15 Å². The fourth-order valence-electron chi connectivity index (χ4n) is 3.00. The number of hydrogen-bond donors (Lipinski definition) is 2. The second-order valence-corrected chi connectivity index (χ2v) is 8.12. The van der Waals surface area contributed by atoms with E-state index < -0.39 is 0 Å². The van der Waals surface area contributed by atoms with Crippen molar-refractivity contribution in [1.82, 2.24) is 14.5 Å². The Morgan fingerprint density at radius 1 is 1.13 bits per heavy atom. The topological polar surface area (TPSA) is 120 Å². The molecule has 0 aliphatic carbocycles. The number of nitrogens with one attached hydrogen (secondary N) is 1. The third-order valence-corrected chi connectivity index (χ3v) is 5.77. The highest BCUT2D eigenvalue weighted by molar-refractivity contribution is 7.99. The zero-order chi connectivity index (χ0) is 22.2. The summed E-state index contributed by atoms with van der Waals surface area (Å²) in [5, 5.41) is 3.90. The van der Waals surface area contributed by atoms with Crippen LogP contribution < -0.4 is 16.6 Å². The molecule has 162 valence electrons. The molecular formula is C21H22ClN5O3S. The molecule has 0 aliphatic heterocycles. The summed E-state index contributed by atoms with van der Waals surface area (Å²) in [5.74, 6) is -0.562. The van der Waals surface area contributed by atoms with Gasteiger partial charge in [0.25, 0.3) is 5.56 Å². The Kier molecular flexibility index (Phi) is 8.02.